The molecule has 0 spiro atoms. The minimum absolute atomic E-state index is 0.0660. The molecule has 13 rings (SSSR count). The molecule has 1 aliphatic rings. The maximum absolute atomic E-state index is 6.55. The number of furan rings is 2. The third kappa shape index (κ3) is 5.13. The molecule has 0 saturated carbocycles. The van der Waals surface area contributed by atoms with Gasteiger partial charge in [-0.3, -0.25) is 0 Å². The van der Waals surface area contributed by atoms with Crippen molar-refractivity contribution in [1.82, 2.24) is 4.57 Å². The third-order valence-corrected chi connectivity index (χ3v) is 14.6. The van der Waals surface area contributed by atoms with Gasteiger partial charge in [0.25, 0.3) is 0 Å². The van der Waals surface area contributed by atoms with Crippen LogP contribution in [0.2, 0.25) is 0 Å². The third-order valence-electron chi connectivity index (χ3n) is 13.5. The molecule has 62 heavy (non-hydrogen) atoms. The molecular formula is C56H43BN2O2S. The van der Waals surface area contributed by atoms with E-state index in [1.807, 2.05) is 11.3 Å². The average molecular weight is 819 g/mol. The maximum atomic E-state index is 6.55. The van der Waals surface area contributed by atoms with Crippen LogP contribution in [-0.2, 0) is 10.8 Å². The second-order valence-corrected chi connectivity index (χ2v) is 20.5. The highest BCUT2D eigenvalue weighted by Crippen LogP contribution is 2.46. The number of nitrogens with zero attached hydrogens (tertiary/aromatic N) is 1. The normalized spacial score (nSPS) is 13.1. The molecule has 6 heteroatoms. The SMILES string of the molecule is CC(C)(C)c1ccc(Nc2cc3sc4cc(C(C)(C)C)ccc4c3cc2-c2ccc3c4c5c(ccc4n4c3c2Bc2cc3oc6ccccc6c3cc2-4)oc2ccccc25)cc1. The van der Waals surface area contributed by atoms with Gasteiger partial charge in [-0.15, -0.1) is 11.3 Å². The maximum Gasteiger partial charge on any atom is 0.198 e. The fraction of sp³-hybridized carbons (Fsp3) is 0.143. The number of para-hydroxylation sites is 2. The van der Waals surface area contributed by atoms with Crippen molar-refractivity contribution in [3.05, 3.63) is 151 Å². The van der Waals surface area contributed by atoms with E-state index >= 15 is 0 Å². The Balaban J connectivity index is 1.12. The number of benzene rings is 8. The molecule has 4 aromatic heterocycles. The standard InChI is InChI=1S/C56H43BN2O2S/c1-55(2,3)30-15-18-32(19-16-30)58-42-29-50-40(34-20-17-31(56(4,5)6)25-49(34)62-50)26-38(42)35-21-22-37-51-43(23-24-47-52(51)36-12-8-10-14-46(36)60-47)59-44-27-39-33-11-7-9-13-45(33)61-48(39)28-41(44)57-53(35)54(37)59/h7-29,57-58H,1-6H3. The summed E-state index contributed by atoms with van der Waals surface area (Å²) in [6.07, 6.45) is 0. The Bertz CT molecular complexity index is 3880. The van der Waals surface area contributed by atoms with Gasteiger partial charge in [-0.25, -0.2) is 0 Å². The van der Waals surface area contributed by atoms with Crippen LogP contribution in [0.5, 0.6) is 0 Å². The summed E-state index contributed by atoms with van der Waals surface area (Å²) >= 11 is 1.89. The minimum atomic E-state index is 0.0660. The number of thiophene rings is 1. The Morgan fingerprint density at radius 3 is 2.00 bits per heavy atom. The quantitative estimate of drug-likeness (QED) is 0.181. The Kier molecular flexibility index (Phi) is 7.21. The van der Waals surface area contributed by atoms with Crippen molar-refractivity contribution in [2.45, 2.75) is 52.4 Å². The van der Waals surface area contributed by atoms with Crippen LogP contribution in [0.15, 0.2) is 148 Å². The number of aromatic nitrogens is 1. The van der Waals surface area contributed by atoms with Gasteiger partial charge in [0.15, 0.2) is 7.28 Å². The van der Waals surface area contributed by atoms with Crippen molar-refractivity contribution in [3.8, 4) is 16.8 Å². The molecule has 4 nitrogen and oxygen atoms in total. The molecule has 0 aliphatic carbocycles. The molecular weight excluding hydrogens is 776 g/mol. The van der Waals surface area contributed by atoms with Crippen LogP contribution < -0.4 is 16.2 Å². The summed E-state index contributed by atoms with van der Waals surface area (Å²) < 4.78 is 18.2. The first-order valence-corrected chi connectivity index (χ1v) is 22.5. The molecule has 0 fully saturated rings. The molecule has 0 radical (unpaired) electrons. The monoisotopic (exact) mass is 818 g/mol. The van der Waals surface area contributed by atoms with Gasteiger partial charge in [0, 0.05) is 80.6 Å². The molecule has 0 saturated heterocycles. The number of hydrogen-bond donors (Lipinski definition) is 1. The highest BCUT2D eigenvalue weighted by atomic mass is 32.1. The van der Waals surface area contributed by atoms with Crippen LogP contribution in [0, 0.1) is 0 Å². The first-order chi connectivity index (χ1) is 30.0. The lowest BCUT2D eigenvalue weighted by molar-refractivity contribution is 0.590. The Hall–Kier alpha value is -6.76. The lowest BCUT2D eigenvalue weighted by Crippen LogP contribution is -2.37. The molecule has 0 amide bonds. The topological polar surface area (TPSA) is 43.2 Å². The second kappa shape index (κ2) is 12.4. The van der Waals surface area contributed by atoms with E-state index < -0.39 is 0 Å². The zero-order chi connectivity index (χ0) is 41.8. The summed E-state index contributed by atoms with van der Waals surface area (Å²) in [6, 6.07) is 51.6. The number of hydrogen-bond acceptors (Lipinski definition) is 4. The Morgan fingerprint density at radius 1 is 0.516 bits per heavy atom. The largest absolute Gasteiger partial charge is 0.456 e. The lowest BCUT2D eigenvalue weighted by atomic mass is 9.59. The summed E-state index contributed by atoms with van der Waals surface area (Å²) in [5.74, 6) is 0. The predicted molar refractivity (Wildman–Crippen MR) is 267 cm³/mol. The number of fused-ring (bicyclic) bond motifs is 15. The van der Waals surface area contributed by atoms with Gasteiger partial charge in [-0.05, 0) is 99.7 Å². The average Bonchev–Trinajstić information content (AvgIpc) is 4.01. The summed E-state index contributed by atoms with van der Waals surface area (Å²) in [5, 5.41) is 13.6. The lowest BCUT2D eigenvalue weighted by Gasteiger charge is -2.24. The highest BCUT2D eigenvalue weighted by Gasteiger charge is 2.30. The number of anilines is 2. The summed E-state index contributed by atoms with van der Waals surface area (Å²) in [5.41, 5.74) is 17.2. The van der Waals surface area contributed by atoms with Gasteiger partial charge < -0.3 is 18.7 Å². The van der Waals surface area contributed by atoms with Crippen molar-refractivity contribution in [1.29, 1.82) is 0 Å². The van der Waals surface area contributed by atoms with Crippen molar-refractivity contribution >= 4 is 127 Å². The smallest absolute Gasteiger partial charge is 0.198 e. The van der Waals surface area contributed by atoms with Gasteiger partial charge in [0.1, 0.15) is 22.3 Å². The van der Waals surface area contributed by atoms with Crippen LogP contribution in [0.4, 0.5) is 11.4 Å². The number of rotatable bonds is 3. The molecule has 298 valence electrons. The second-order valence-electron chi connectivity index (χ2n) is 19.4. The first kappa shape index (κ1) is 35.9. The van der Waals surface area contributed by atoms with E-state index in [2.05, 4.69) is 191 Å². The predicted octanol–water partition coefficient (Wildman–Crippen LogP) is 14.7. The fourth-order valence-corrected chi connectivity index (χ4v) is 11.5. The molecule has 5 heterocycles. The van der Waals surface area contributed by atoms with Gasteiger partial charge >= 0.3 is 0 Å². The highest BCUT2D eigenvalue weighted by molar-refractivity contribution is 7.25. The molecule has 12 aromatic rings. The summed E-state index contributed by atoms with van der Waals surface area (Å²) in [4.78, 5) is 0. The Labute approximate surface area is 363 Å². The van der Waals surface area contributed by atoms with Crippen LogP contribution in [0.25, 0.3) is 103 Å². The van der Waals surface area contributed by atoms with Crippen molar-refractivity contribution in [2.24, 2.45) is 0 Å². The van der Waals surface area contributed by atoms with Crippen LogP contribution in [0.3, 0.4) is 0 Å². The first-order valence-electron chi connectivity index (χ1n) is 21.7. The van der Waals surface area contributed by atoms with E-state index in [1.54, 1.807) is 0 Å². The van der Waals surface area contributed by atoms with Gasteiger partial charge in [0.2, 0.25) is 0 Å². The van der Waals surface area contributed by atoms with Crippen LogP contribution >= 0.6 is 11.3 Å². The number of nitrogens with one attached hydrogen (secondary N) is 1. The molecule has 8 aromatic carbocycles. The zero-order valence-electron chi connectivity index (χ0n) is 35.7. The van der Waals surface area contributed by atoms with Crippen molar-refractivity contribution in [3.63, 3.8) is 0 Å². The van der Waals surface area contributed by atoms with E-state index in [0.717, 1.165) is 57.1 Å². The van der Waals surface area contributed by atoms with Gasteiger partial charge in [-0.1, -0.05) is 120 Å². The molecule has 0 bridgehead atoms. The Morgan fingerprint density at radius 2 is 1.21 bits per heavy atom. The zero-order valence-corrected chi connectivity index (χ0v) is 36.5. The van der Waals surface area contributed by atoms with Gasteiger partial charge in [0.05, 0.1) is 5.52 Å². The summed E-state index contributed by atoms with van der Waals surface area (Å²) in [7, 11) is 0.762. The van der Waals surface area contributed by atoms with E-state index in [4.69, 9.17) is 8.83 Å². The van der Waals surface area contributed by atoms with Crippen LogP contribution in [-0.4, -0.2) is 11.8 Å². The van der Waals surface area contributed by atoms with Gasteiger partial charge in [-0.2, -0.15) is 0 Å². The molecule has 0 atom stereocenters. The fourth-order valence-electron chi connectivity index (χ4n) is 10.3. The van der Waals surface area contributed by atoms with Crippen molar-refractivity contribution < 1.29 is 8.83 Å². The van der Waals surface area contributed by atoms with E-state index in [-0.39, 0.29) is 10.8 Å². The van der Waals surface area contributed by atoms with Crippen LogP contribution in [0.1, 0.15) is 52.7 Å². The van der Waals surface area contributed by atoms with E-state index in [0.29, 0.717) is 0 Å². The molecule has 0 unspecified atom stereocenters. The van der Waals surface area contributed by atoms with Crippen molar-refractivity contribution in [2.75, 3.05) is 5.32 Å². The molecule has 1 aliphatic heterocycles. The molecule has 1 N–H and O–H groups in total. The van der Waals surface area contributed by atoms with E-state index in [1.165, 1.54) is 86.2 Å². The summed E-state index contributed by atoms with van der Waals surface area (Å²) in [6.45, 7) is 13.7. The minimum Gasteiger partial charge on any atom is -0.456 e. The van der Waals surface area contributed by atoms with E-state index in [9.17, 15) is 0 Å².